The van der Waals surface area contributed by atoms with Crippen LogP contribution in [0.5, 0.6) is 5.75 Å². The lowest BCUT2D eigenvalue weighted by atomic mass is 10.1. The van der Waals surface area contributed by atoms with Gasteiger partial charge in [0.05, 0.1) is 0 Å². The van der Waals surface area contributed by atoms with Crippen molar-refractivity contribution in [1.82, 2.24) is 0 Å². The Morgan fingerprint density at radius 3 is 2.95 bits per heavy atom. The summed E-state index contributed by atoms with van der Waals surface area (Å²) in [4.78, 5) is 0. The lowest BCUT2D eigenvalue weighted by Gasteiger charge is -2.10. The van der Waals surface area contributed by atoms with E-state index >= 15 is 0 Å². The minimum atomic E-state index is 0.209. The van der Waals surface area contributed by atoms with Crippen LogP contribution >= 0.6 is 0 Å². The number of ether oxygens (including phenoxy) is 1. The third kappa shape index (κ3) is 2.64. The summed E-state index contributed by atoms with van der Waals surface area (Å²) in [7, 11) is 0. The maximum absolute atomic E-state index is 6.04. The zero-order valence-electron chi connectivity index (χ0n) is 11.2. The van der Waals surface area contributed by atoms with E-state index in [1.54, 1.807) is 0 Å². The maximum atomic E-state index is 6.04. The number of hydrogen-bond donors (Lipinski definition) is 1. The third-order valence-electron chi connectivity index (χ3n) is 3.73. The molecule has 2 nitrogen and oxygen atoms in total. The van der Waals surface area contributed by atoms with E-state index in [-0.39, 0.29) is 6.04 Å². The Morgan fingerprint density at radius 1 is 1.21 bits per heavy atom. The Hall–Kier alpha value is -1.80. The van der Waals surface area contributed by atoms with E-state index in [1.165, 1.54) is 22.3 Å². The van der Waals surface area contributed by atoms with Gasteiger partial charge in [-0.25, -0.2) is 0 Å². The van der Waals surface area contributed by atoms with E-state index < -0.39 is 0 Å². The fraction of sp³-hybridized carbons (Fsp3) is 0.294. The molecule has 2 N–H and O–H groups in total. The van der Waals surface area contributed by atoms with E-state index in [9.17, 15) is 0 Å². The van der Waals surface area contributed by atoms with Gasteiger partial charge in [0.1, 0.15) is 12.4 Å². The van der Waals surface area contributed by atoms with Crippen LogP contribution in [0, 0.1) is 6.92 Å². The smallest absolute Gasteiger partial charge is 0.120 e. The summed E-state index contributed by atoms with van der Waals surface area (Å²) in [5.74, 6) is 0.939. The van der Waals surface area contributed by atoms with Crippen molar-refractivity contribution in [2.45, 2.75) is 32.4 Å². The summed E-state index contributed by atoms with van der Waals surface area (Å²) in [6.07, 6.45) is 2.12. The lowest BCUT2D eigenvalue weighted by molar-refractivity contribution is 0.306. The average Bonchev–Trinajstić information content (AvgIpc) is 2.78. The van der Waals surface area contributed by atoms with Crippen LogP contribution in [0.4, 0.5) is 0 Å². The molecule has 3 rings (SSSR count). The van der Waals surface area contributed by atoms with Crippen molar-refractivity contribution >= 4 is 0 Å². The molecule has 0 fully saturated rings. The van der Waals surface area contributed by atoms with Crippen LogP contribution in [0.3, 0.4) is 0 Å². The average molecular weight is 253 g/mol. The molecule has 19 heavy (non-hydrogen) atoms. The molecule has 0 unspecified atom stereocenters. The van der Waals surface area contributed by atoms with Crippen LogP contribution in [0.2, 0.25) is 0 Å². The Balaban J connectivity index is 1.71. The Kier molecular flexibility index (Phi) is 3.26. The van der Waals surface area contributed by atoms with Gasteiger partial charge in [-0.2, -0.15) is 0 Å². The maximum Gasteiger partial charge on any atom is 0.120 e. The first-order valence-electron chi connectivity index (χ1n) is 6.79. The number of nitrogens with two attached hydrogens (primary N) is 1. The molecule has 0 radical (unpaired) electrons. The fourth-order valence-electron chi connectivity index (χ4n) is 2.69. The van der Waals surface area contributed by atoms with Crippen LogP contribution < -0.4 is 10.5 Å². The molecule has 0 bridgehead atoms. The van der Waals surface area contributed by atoms with Gasteiger partial charge in [0.25, 0.3) is 0 Å². The van der Waals surface area contributed by atoms with Gasteiger partial charge in [-0.3, -0.25) is 0 Å². The Bertz CT molecular complexity index is 592. The molecule has 1 aliphatic rings. The monoisotopic (exact) mass is 253 g/mol. The number of benzene rings is 2. The number of fused-ring (bicyclic) bond motifs is 1. The molecule has 2 heteroatoms. The van der Waals surface area contributed by atoms with E-state index in [0.29, 0.717) is 6.61 Å². The zero-order valence-corrected chi connectivity index (χ0v) is 11.2. The normalized spacial score (nSPS) is 17.3. The van der Waals surface area contributed by atoms with Crippen molar-refractivity contribution < 1.29 is 4.74 Å². The summed E-state index contributed by atoms with van der Waals surface area (Å²) >= 11 is 0. The predicted molar refractivity (Wildman–Crippen MR) is 77.2 cm³/mol. The SMILES string of the molecule is Cc1cccc(COc2ccc3c(c2)CC[C@@H]3N)c1. The highest BCUT2D eigenvalue weighted by Crippen LogP contribution is 2.32. The van der Waals surface area contributed by atoms with Crippen molar-refractivity contribution in [2.24, 2.45) is 5.73 Å². The summed E-state index contributed by atoms with van der Waals surface area (Å²) in [5.41, 5.74) is 11.1. The first-order valence-corrected chi connectivity index (χ1v) is 6.79. The van der Waals surface area contributed by atoms with Gasteiger partial charge in [0, 0.05) is 6.04 Å². The molecule has 0 saturated heterocycles. The van der Waals surface area contributed by atoms with Crippen LogP contribution in [0.25, 0.3) is 0 Å². The second-order valence-electron chi connectivity index (χ2n) is 5.28. The minimum Gasteiger partial charge on any atom is -0.489 e. The van der Waals surface area contributed by atoms with E-state index in [4.69, 9.17) is 10.5 Å². The standard InChI is InChI=1S/C17H19NO/c1-12-3-2-4-13(9-12)11-19-15-6-7-16-14(10-15)5-8-17(16)18/h2-4,6-7,9-10,17H,5,8,11,18H2,1H3/t17-/m0/s1. The predicted octanol–water partition coefficient (Wildman–Crippen LogP) is 3.52. The van der Waals surface area contributed by atoms with Crippen LogP contribution in [-0.2, 0) is 13.0 Å². The molecular weight excluding hydrogens is 234 g/mol. The van der Waals surface area contributed by atoms with Crippen molar-refractivity contribution in [1.29, 1.82) is 0 Å². The van der Waals surface area contributed by atoms with Gasteiger partial charge in [-0.1, -0.05) is 35.9 Å². The summed E-state index contributed by atoms with van der Waals surface area (Å²) in [6, 6.07) is 14.9. The quantitative estimate of drug-likeness (QED) is 0.908. The van der Waals surface area contributed by atoms with E-state index in [1.807, 2.05) is 6.07 Å². The second-order valence-corrected chi connectivity index (χ2v) is 5.28. The summed E-state index contributed by atoms with van der Waals surface area (Å²) in [5, 5.41) is 0. The third-order valence-corrected chi connectivity index (χ3v) is 3.73. The Labute approximate surface area is 114 Å². The molecular formula is C17H19NO. The lowest BCUT2D eigenvalue weighted by Crippen LogP contribution is -2.05. The molecule has 0 amide bonds. The van der Waals surface area contributed by atoms with E-state index in [0.717, 1.165) is 18.6 Å². The van der Waals surface area contributed by atoms with Gasteiger partial charge in [-0.05, 0) is 48.6 Å². The van der Waals surface area contributed by atoms with Crippen molar-refractivity contribution in [2.75, 3.05) is 0 Å². The zero-order chi connectivity index (χ0) is 13.2. The molecule has 2 aromatic carbocycles. The number of hydrogen-bond acceptors (Lipinski definition) is 2. The molecule has 1 atom stereocenters. The molecule has 0 aromatic heterocycles. The summed E-state index contributed by atoms with van der Waals surface area (Å²) < 4.78 is 5.87. The molecule has 0 saturated carbocycles. The number of aryl methyl sites for hydroxylation is 2. The minimum absolute atomic E-state index is 0.209. The molecule has 0 heterocycles. The summed E-state index contributed by atoms with van der Waals surface area (Å²) in [6.45, 7) is 2.72. The highest BCUT2D eigenvalue weighted by Gasteiger charge is 2.18. The topological polar surface area (TPSA) is 35.2 Å². The van der Waals surface area contributed by atoms with Gasteiger partial charge in [0.15, 0.2) is 0 Å². The highest BCUT2D eigenvalue weighted by atomic mass is 16.5. The van der Waals surface area contributed by atoms with Gasteiger partial charge >= 0.3 is 0 Å². The van der Waals surface area contributed by atoms with Crippen molar-refractivity contribution in [3.63, 3.8) is 0 Å². The van der Waals surface area contributed by atoms with Crippen molar-refractivity contribution in [3.05, 3.63) is 64.7 Å². The van der Waals surface area contributed by atoms with E-state index in [2.05, 4.69) is 43.3 Å². The molecule has 0 aliphatic heterocycles. The largest absolute Gasteiger partial charge is 0.489 e. The van der Waals surface area contributed by atoms with Crippen LogP contribution in [-0.4, -0.2) is 0 Å². The first-order chi connectivity index (χ1) is 9.22. The number of rotatable bonds is 3. The van der Waals surface area contributed by atoms with Gasteiger partial charge < -0.3 is 10.5 Å². The van der Waals surface area contributed by atoms with Gasteiger partial charge in [-0.15, -0.1) is 0 Å². The molecule has 98 valence electrons. The molecule has 2 aromatic rings. The molecule has 1 aliphatic carbocycles. The molecule has 0 spiro atoms. The van der Waals surface area contributed by atoms with Crippen LogP contribution in [0.15, 0.2) is 42.5 Å². The highest BCUT2D eigenvalue weighted by molar-refractivity contribution is 5.40. The Morgan fingerprint density at radius 2 is 2.11 bits per heavy atom. The fourth-order valence-corrected chi connectivity index (χ4v) is 2.69. The van der Waals surface area contributed by atoms with Crippen LogP contribution in [0.1, 0.15) is 34.7 Å². The first kappa shape index (κ1) is 12.2. The van der Waals surface area contributed by atoms with Crippen molar-refractivity contribution in [3.8, 4) is 5.75 Å². The second kappa shape index (κ2) is 5.06. The van der Waals surface area contributed by atoms with Gasteiger partial charge in [0.2, 0.25) is 0 Å².